The number of methoxy groups -OCH3 is 1. The van der Waals surface area contributed by atoms with Gasteiger partial charge >= 0.3 is 5.97 Å². The van der Waals surface area contributed by atoms with Gasteiger partial charge in [0.05, 0.1) is 12.7 Å². The van der Waals surface area contributed by atoms with Crippen molar-refractivity contribution in [2.24, 2.45) is 0 Å². The summed E-state index contributed by atoms with van der Waals surface area (Å²) in [6, 6.07) is 14.3. The van der Waals surface area contributed by atoms with E-state index in [1.807, 2.05) is 35.8 Å². The molecule has 0 aliphatic rings. The Kier molecular flexibility index (Phi) is 5.58. The quantitative estimate of drug-likeness (QED) is 0.527. The van der Waals surface area contributed by atoms with Crippen LogP contribution in [-0.4, -0.2) is 33.0 Å². The summed E-state index contributed by atoms with van der Waals surface area (Å²) in [5.74, 6) is 1.38. The topological polar surface area (TPSA) is 77.2 Å². The molecule has 1 heterocycles. The van der Waals surface area contributed by atoms with E-state index in [-0.39, 0.29) is 11.7 Å². The Hall–Kier alpha value is -2.80. The number of carbonyl (C=O) groups excluding carboxylic acids is 1. The van der Waals surface area contributed by atoms with Crippen LogP contribution < -0.4 is 0 Å². The van der Waals surface area contributed by atoms with Crippen molar-refractivity contribution in [3.63, 3.8) is 0 Å². The molecule has 0 aliphatic heterocycles. The third-order valence-corrected chi connectivity index (χ3v) is 4.94. The molecule has 26 heavy (non-hydrogen) atoms. The first-order valence-electron chi connectivity index (χ1n) is 8.15. The van der Waals surface area contributed by atoms with Gasteiger partial charge in [-0.1, -0.05) is 23.9 Å². The SMILES string of the molecule is CCn1c(SCc2ccc(C(=O)OC)cc2)nnc1-c1ccc(O)cc1. The molecule has 1 aromatic heterocycles. The van der Waals surface area contributed by atoms with Crippen molar-refractivity contribution in [2.75, 3.05) is 7.11 Å². The number of carbonyl (C=O) groups is 1. The predicted octanol–water partition coefficient (Wildman–Crippen LogP) is 3.75. The van der Waals surface area contributed by atoms with Crippen molar-refractivity contribution >= 4 is 17.7 Å². The molecule has 0 unspecified atom stereocenters. The van der Waals surface area contributed by atoms with Gasteiger partial charge in [-0.05, 0) is 48.9 Å². The first kappa shape index (κ1) is 18.0. The van der Waals surface area contributed by atoms with Gasteiger partial charge < -0.3 is 14.4 Å². The number of hydrogen-bond acceptors (Lipinski definition) is 6. The van der Waals surface area contributed by atoms with Gasteiger partial charge in [0.25, 0.3) is 0 Å². The van der Waals surface area contributed by atoms with Crippen LogP contribution in [0.2, 0.25) is 0 Å². The molecule has 0 saturated carbocycles. The van der Waals surface area contributed by atoms with E-state index in [1.54, 1.807) is 36.0 Å². The molecule has 0 saturated heterocycles. The number of hydrogen-bond donors (Lipinski definition) is 1. The van der Waals surface area contributed by atoms with E-state index in [1.165, 1.54) is 7.11 Å². The molecular formula is C19H19N3O3S. The molecule has 0 atom stereocenters. The summed E-state index contributed by atoms with van der Waals surface area (Å²) in [7, 11) is 1.37. The van der Waals surface area contributed by atoms with Crippen LogP contribution in [-0.2, 0) is 17.0 Å². The van der Waals surface area contributed by atoms with Gasteiger partial charge in [0.15, 0.2) is 11.0 Å². The second-order valence-electron chi connectivity index (χ2n) is 5.57. The molecule has 0 spiro atoms. The van der Waals surface area contributed by atoms with Gasteiger partial charge in [-0.15, -0.1) is 10.2 Å². The number of aromatic nitrogens is 3. The first-order chi connectivity index (χ1) is 12.6. The smallest absolute Gasteiger partial charge is 0.337 e. The highest BCUT2D eigenvalue weighted by Crippen LogP contribution is 2.27. The normalized spacial score (nSPS) is 10.7. The van der Waals surface area contributed by atoms with Crippen molar-refractivity contribution < 1.29 is 14.6 Å². The van der Waals surface area contributed by atoms with E-state index in [2.05, 4.69) is 10.2 Å². The average molecular weight is 369 g/mol. The molecule has 0 amide bonds. The number of rotatable bonds is 6. The minimum Gasteiger partial charge on any atom is -0.508 e. The highest BCUT2D eigenvalue weighted by Gasteiger charge is 2.13. The highest BCUT2D eigenvalue weighted by atomic mass is 32.2. The molecule has 3 rings (SSSR count). The zero-order chi connectivity index (χ0) is 18.5. The Morgan fingerprint density at radius 1 is 1.12 bits per heavy atom. The summed E-state index contributed by atoms with van der Waals surface area (Å²) in [5.41, 5.74) is 2.53. The number of nitrogens with zero attached hydrogens (tertiary/aromatic N) is 3. The first-order valence-corrected chi connectivity index (χ1v) is 9.13. The van der Waals surface area contributed by atoms with Crippen LogP contribution in [0.25, 0.3) is 11.4 Å². The van der Waals surface area contributed by atoms with Crippen LogP contribution in [0.1, 0.15) is 22.8 Å². The Labute approximate surface area is 155 Å². The predicted molar refractivity (Wildman–Crippen MR) is 100 cm³/mol. The lowest BCUT2D eigenvalue weighted by molar-refractivity contribution is 0.0600. The molecule has 2 aromatic carbocycles. The Morgan fingerprint density at radius 3 is 2.42 bits per heavy atom. The van der Waals surface area contributed by atoms with Crippen LogP contribution >= 0.6 is 11.8 Å². The summed E-state index contributed by atoms with van der Waals surface area (Å²) < 4.78 is 6.75. The zero-order valence-corrected chi connectivity index (χ0v) is 15.4. The third kappa shape index (κ3) is 3.88. The Balaban J connectivity index is 1.74. The molecule has 3 aromatic rings. The van der Waals surface area contributed by atoms with Crippen LogP contribution in [0.15, 0.2) is 53.7 Å². The van der Waals surface area contributed by atoms with Crippen molar-refractivity contribution in [1.29, 1.82) is 0 Å². The molecule has 7 heteroatoms. The van der Waals surface area contributed by atoms with Gasteiger partial charge in [0, 0.05) is 17.9 Å². The number of esters is 1. The van der Waals surface area contributed by atoms with E-state index < -0.39 is 0 Å². The van der Waals surface area contributed by atoms with E-state index in [0.29, 0.717) is 5.56 Å². The molecular weight excluding hydrogens is 350 g/mol. The summed E-state index contributed by atoms with van der Waals surface area (Å²) in [4.78, 5) is 11.5. The van der Waals surface area contributed by atoms with Gasteiger partial charge in [0.1, 0.15) is 5.75 Å². The summed E-state index contributed by atoms with van der Waals surface area (Å²) in [5, 5.41) is 18.9. The second kappa shape index (κ2) is 8.05. The van der Waals surface area contributed by atoms with E-state index in [0.717, 1.165) is 34.4 Å². The van der Waals surface area contributed by atoms with E-state index >= 15 is 0 Å². The molecule has 0 radical (unpaired) electrons. The van der Waals surface area contributed by atoms with E-state index in [4.69, 9.17) is 4.74 Å². The van der Waals surface area contributed by atoms with Crippen LogP contribution in [0, 0.1) is 0 Å². The lowest BCUT2D eigenvalue weighted by Crippen LogP contribution is -2.01. The van der Waals surface area contributed by atoms with Crippen molar-refractivity contribution in [3.8, 4) is 17.1 Å². The van der Waals surface area contributed by atoms with Crippen molar-refractivity contribution in [2.45, 2.75) is 24.4 Å². The molecule has 0 aliphatic carbocycles. The third-order valence-electron chi connectivity index (χ3n) is 3.90. The fourth-order valence-electron chi connectivity index (χ4n) is 2.51. The Bertz CT molecular complexity index is 889. The lowest BCUT2D eigenvalue weighted by atomic mass is 10.1. The van der Waals surface area contributed by atoms with Crippen LogP contribution in [0.5, 0.6) is 5.75 Å². The number of phenols is 1. The number of phenolic OH excluding ortho intramolecular Hbond substituents is 1. The summed E-state index contributed by atoms with van der Waals surface area (Å²) in [6.07, 6.45) is 0. The molecule has 134 valence electrons. The molecule has 6 nitrogen and oxygen atoms in total. The standard InChI is InChI=1S/C19H19N3O3S/c1-3-22-17(14-8-10-16(23)11-9-14)20-21-19(22)26-12-13-4-6-15(7-5-13)18(24)25-2/h4-11,23H,3,12H2,1-2H3. The van der Waals surface area contributed by atoms with Crippen molar-refractivity contribution in [3.05, 3.63) is 59.7 Å². The minimum atomic E-state index is -0.339. The van der Waals surface area contributed by atoms with Crippen LogP contribution in [0.4, 0.5) is 0 Å². The number of thioether (sulfide) groups is 1. The maximum Gasteiger partial charge on any atom is 0.337 e. The van der Waals surface area contributed by atoms with Gasteiger partial charge in [-0.2, -0.15) is 0 Å². The van der Waals surface area contributed by atoms with Gasteiger partial charge in [-0.3, -0.25) is 0 Å². The monoisotopic (exact) mass is 369 g/mol. The molecule has 0 bridgehead atoms. The number of aromatic hydroxyl groups is 1. The fourth-order valence-corrected chi connectivity index (χ4v) is 3.47. The Morgan fingerprint density at radius 2 is 1.81 bits per heavy atom. The molecule has 0 fully saturated rings. The maximum absolute atomic E-state index is 11.5. The highest BCUT2D eigenvalue weighted by molar-refractivity contribution is 7.98. The lowest BCUT2D eigenvalue weighted by Gasteiger charge is -2.08. The zero-order valence-electron chi connectivity index (χ0n) is 14.5. The average Bonchev–Trinajstić information content (AvgIpc) is 3.09. The summed E-state index contributed by atoms with van der Waals surface area (Å²) in [6.45, 7) is 2.79. The van der Waals surface area contributed by atoms with Gasteiger partial charge in [-0.25, -0.2) is 4.79 Å². The molecule has 1 N–H and O–H groups in total. The number of ether oxygens (including phenoxy) is 1. The van der Waals surface area contributed by atoms with Crippen LogP contribution in [0.3, 0.4) is 0 Å². The minimum absolute atomic E-state index is 0.223. The fraction of sp³-hybridized carbons (Fsp3) is 0.211. The van der Waals surface area contributed by atoms with E-state index in [9.17, 15) is 9.90 Å². The van der Waals surface area contributed by atoms with Gasteiger partial charge in [0.2, 0.25) is 0 Å². The number of benzene rings is 2. The maximum atomic E-state index is 11.5. The second-order valence-corrected chi connectivity index (χ2v) is 6.52. The summed E-state index contributed by atoms with van der Waals surface area (Å²) >= 11 is 1.59. The van der Waals surface area contributed by atoms with Crippen molar-refractivity contribution in [1.82, 2.24) is 14.8 Å². The largest absolute Gasteiger partial charge is 0.508 e.